The molecule has 0 saturated carbocycles. The van der Waals surface area contributed by atoms with Crippen molar-refractivity contribution in [2.45, 2.75) is 20.3 Å². The van der Waals surface area contributed by atoms with Gasteiger partial charge in [-0.2, -0.15) is 0 Å². The number of hydrogen-bond donors (Lipinski definition) is 0. The molecule has 29 heavy (non-hydrogen) atoms. The lowest BCUT2D eigenvalue weighted by Crippen LogP contribution is -2.06. The molecule has 2 heterocycles. The van der Waals surface area contributed by atoms with Crippen LogP contribution in [-0.4, -0.2) is 32.8 Å². The van der Waals surface area contributed by atoms with E-state index >= 15 is 0 Å². The molecule has 0 atom stereocenters. The molecule has 0 fully saturated rings. The molecule has 0 aliphatic rings. The minimum Gasteiger partial charge on any atom is -0.476 e. The predicted molar refractivity (Wildman–Crippen MR) is 112 cm³/mol. The highest BCUT2D eigenvalue weighted by Crippen LogP contribution is 2.18. The van der Waals surface area contributed by atoms with Crippen LogP contribution < -0.4 is 9.47 Å². The monoisotopic (exact) mass is 388 g/mol. The van der Waals surface area contributed by atoms with Gasteiger partial charge in [0.2, 0.25) is 11.8 Å². The highest BCUT2D eigenvalue weighted by molar-refractivity contribution is 5.35. The van der Waals surface area contributed by atoms with Gasteiger partial charge in [-0.1, -0.05) is 36.4 Å². The Kier molecular flexibility index (Phi) is 5.61. The van der Waals surface area contributed by atoms with E-state index in [4.69, 9.17) is 9.47 Å². The summed E-state index contributed by atoms with van der Waals surface area (Å²) in [4.78, 5) is 0. The molecule has 6 nitrogen and oxygen atoms in total. The van der Waals surface area contributed by atoms with Crippen LogP contribution in [0.15, 0.2) is 72.8 Å². The van der Waals surface area contributed by atoms with E-state index < -0.39 is 0 Å². The molecule has 0 N–H and O–H groups in total. The van der Waals surface area contributed by atoms with Gasteiger partial charge in [-0.3, -0.25) is 0 Å². The average Bonchev–Trinajstić information content (AvgIpc) is 3.31. The predicted octanol–water partition coefficient (Wildman–Crippen LogP) is 4.52. The molecule has 0 aliphatic carbocycles. The van der Waals surface area contributed by atoms with Crippen molar-refractivity contribution in [2.75, 3.05) is 13.2 Å². The average molecular weight is 388 g/mol. The molecular formula is C23H24N4O2. The minimum absolute atomic E-state index is 0.531. The number of aryl methyl sites for hydroxylation is 2. The maximum Gasteiger partial charge on any atom is 0.233 e. The van der Waals surface area contributed by atoms with Crippen molar-refractivity contribution in [3.8, 4) is 23.1 Å². The maximum atomic E-state index is 5.79. The Balaban J connectivity index is 1.27. The quantitative estimate of drug-likeness (QED) is 0.416. The molecule has 0 spiro atoms. The van der Waals surface area contributed by atoms with Crippen LogP contribution in [0.2, 0.25) is 0 Å². The molecule has 4 rings (SSSR count). The zero-order valence-corrected chi connectivity index (χ0v) is 16.7. The van der Waals surface area contributed by atoms with Gasteiger partial charge < -0.3 is 9.47 Å². The van der Waals surface area contributed by atoms with E-state index in [2.05, 4.69) is 10.2 Å². The summed E-state index contributed by atoms with van der Waals surface area (Å²) in [6, 6.07) is 23.9. The van der Waals surface area contributed by atoms with Gasteiger partial charge >= 0.3 is 0 Å². The normalized spacial score (nSPS) is 10.8. The van der Waals surface area contributed by atoms with Crippen molar-refractivity contribution in [1.82, 2.24) is 19.6 Å². The third kappa shape index (κ3) is 4.48. The summed E-state index contributed by atoms with van der Waals surface area (Å²) in [5.41, 5.74) is 4.11. The van der Waals surface area contributed by atoms with E-state index in [-0.39, 0.29) is 0 Å². The second-order valence-corrected chi connectivity index (χ2v) is 6.79. The van der Waals surface area contributed by atoms with E-state index in [1.54, 1.807) is 0 Å². The van der Waals surface area contributed by atoms with Crippen LogP contribution in [0.25, 0.3) is 11.4 Å². The SMILES string of the molecule is Cc1cc(OCCCOc2cc(C)n(-c3ccccc3)n2)nn1-c1ccccc1. The number of ether oxygens (including phenoxy) is 2. The zero-order chi connectivity index (χ0) is 20.1. The summed E-state index contributed by atoms with van der Waals surface area (Å²) in [7, 11) is 0. The van der Waals surface area contributed by atoms with E-state index in [0.29, 0.717) is 25.0 Å². The van der Waals surface area contributed by atoms with Gasteiger partial charge in [0.05, 0.1) is 24.6 Å². The van der Waals surface area contributed by atoms with Crippen molar-refractivity contribution < 1.29 is 9.47 Å². The highest BCUT2D eigenvalue weighted by Gasteiger charge is 2.08. The van der Waals surface area contributed by atoms with Crippen LogP contribution in [0, 0.1) is 13.8 Å². The zero-order valence-electron chi connectivity index (χ0n) is 16.7. The number of rotatable bonds is 8. The maximum absolute atomic E-state index is 5.79. The molecule has 4 aromatic rings. The van der Waals surface area contributed by atoms with E-state index in [0.717, 1.165) is 29.2 Å². The van der Waals surface area contributed by atoms with Gasteiger partial charge in [-0.05, 0) is 38.1 Å². The number of aromatic nitrogens is 4. The van der Waals surface area contributed by atoms with Crippen LogP contribution in [0.4, 0.5) is 0 Å². The fourth-order valence-corrected chi connectivity index (χ4v) is 3.11. The Morgan fingerprint density at radius 3 is 1.48 bits per heavy atom. The van der Waals surface area contributed by atoms with Gasteiger partial charge in [0, 0.05) is 29.9 Å². The summed E-state index contributed by atoms with van der Waals surface area (Å²) in [5, 5.41) is 9.04. The molecule has 0 aliphatic heterocycles. The third-order valence-electron chi connectivity index (χ3n) is 4.52. The molecule has 0 radical (unpaired) electrons. The smallest absolute Gasteiger partial charge is 0.233 e. The molecule has 2 aromatic heterocycles. The van der Waals surface area contributed by atoms with Crippen LogP contribution in [-0.2, 0) is 0 Å². The Hall–Kier alpha value is -3.54. The first-order valence-electron chi connectivity index (χ1n) is 9.70. The van der Waals surface area contributed by atoms with Crippen LogP contribution >= 0.6 is 0 Å². The topological polar surface area (TPSA) is 54.1 Å². The Morgan fingerprint density at radius 1 is 0.655 bits per heavy atom. The van der Waals surface area contributed by atoms with Crippen LogP contribution in [0.3, 0.4) is 0 Å². The molecule has 0 unspecified atom stereocenters. The third-order valence-corrected chi connectivity index (χ3v) is 4.52. The summed E-state index contributed by atoms with van der Waals surface area (Å²) in [6.45, 7) is 5.09. The standard InChI is InChI=1S/C23H24N4O2/c1-18-16-22(24-26(18)20-10-5-3-6-11-20)28-14-9-15-29-23-17-19(2)27(25-23)21-12-7-4-8-13-21/h3-8,10-13,16-17H,9,14-15H2,1-2H3. The lowest BCUT2D eigenvalue weighted by atomic mass is 10.3. The van der Waals surface area contributed by atoms with Gasteiger partial charge in [0.25, 0.3) is 0 Å². The Bertz CT molecular complexity index is 969. The number of hydrogen-bond acceptors (Lipinski definition) is 4. The Morgan fingerprint density at radius 2 is 1.07 bits per heavy atom. The second kappa shape index (κ2) is 8.65. The summed E-state index contributed by atoms with van der Waals surface area (Å²) < 4.78 is 15.3. The molecule has 148 valence electrons. The van der Waals surface area contributed by atoms with Crippen molar-refractivity contribution in [2.24, 2.45) is 0 Å². The molecule has 0 saturated heterocycles. The number of para-hydroxylation sites is 2. The first-order valence-corrected chi connectivity index (χ1v) is 9.70. The summed E-state index contributed by atoms with van der Waals surface area (Å²) in [5.74, 6) is 1.24. The van der Waals surface area contributed by atoms with Crippen molar-refractivity contribution in [3.05, 3.63) is 84.2 Å². The summed E-state index contributed by atoms with van der Waals surface area (Å²) >= 11 is 0. The highest BCUT2D eigenvalue weighted by atomic mass is 16.5. The molecule has 6 heteroatoms. The first-order chi connectivity index (χ1) is 14.2. The van der Waals surface area contributed by atoms with E-state index in [1.807, 2.05) is 96.0 Å². The lowest BCUT2D eigenvalue weighted by molar-refractivity contribution is 0.236. The minimum atomic E-state index is 0.531. The van der Waals surface area contributed by atoms with E-state index in [9.17, 15) is 0 Å². The molecular weight excluding hydrogens is 364 g/mol. The number of nitrogens with zero attached hydrogens (tertiary/aromatic N) is 4. The second-order valence-electron chi connectivity index (χ2n) is 6.79. The lowest BCUT2D eigenvalue weighted by Gasteiger charge is -2.05. The Labute approximate surface area is 170 Å². The molecule has 0 amide bonds. The summed E-state index contributed by atoms with van der Waals surface area (Å²) in [6.07, 6.45) is 0.745. The van der Waals surface area contributed by atoms with Crippen LogP contribution in [0.1, 0.15) is 17.8 Å². The van der Waals surface area contributed by atoms with Gasteiger partial charge in [-0.15, -0.1) is 10.2 Å². The van der Waals surface area contributed by atoms with Crippen LogP contribution in [0.5, 0.6) is 11.8 Å². The van der Waals surface area contributed by atoms with E-state index in [1.165, 1.54) is 0 Å². The largest absolute Gasteiger partial charge is 0.476 e. The van der Waals surface area contributed by atoms with Gasteiger partial charge in [-0.25, -0.2) is 9.36 Å². The fraction of sp³-hybridized carbons (Fsp3) is 0.217. The van der Waals surface area contributed by atoms with Crippen molar-refractivity contribution in [1.29, 1.82) is 0 Å². The molecule has 0 bridgehead atoms. The van der Waals surface area contributed by atoms with Crippen molar-refractivity contribution >= 4 is 0 Å². The molecule has 2 aromatic carbocycles. The van der Waals surface area contributed by atoms with Crippen molar-refractivity contribution in [3.63, 3.8) is 0 Å². The van der Waals surface area contributed by atoms with Gasteiger partial charge in [0.1, 0.15) is 0 Å². The fourth-order valence-electron chi connectivity index (χ4n) is 3.11. The number of benzene rings is 2. The first kappa shape index (κ1) is 18.8. The van der Waals surface area contributed by atoms with Gasteiger partial charge in [0.15, 0.2) is 0 Å².